The molecule has 0 amide bonds. The molecule has 0 aromatic rings. The standard InChI is InChI=1S/C11H10O2S/c12-11(13)9-5-1-2-6-10(9)14-7-3-4-8-14/h1-9H,(H,12,13). The molecular weight excluding hydrogens is 196 g/mol. The molecule has 0 saturated carbocycles. The van der Waals surface area contributed by atoms with E-state index in [4.69, 9.17) is 5.11 Å². The van der Waals surface area contributed by atoms with Gasteiger partial charge in [-0.2, -0.15) is 0 Å². The highest BCUT2D eigenvalue weighted by molar-refractivity contribution is 8.21. The fraction of sp³-hybridized carbons (Fsp3) is 0.0909. The number of hydrogen-bond donors (Lipinski definition) is 1. The number of allylic oxidation sites excluding steroid dienone is 5. The third-order valence-corrected chi connectivity index (χ3v) is 3.92. The molecule has 0 spiro atoms. The molecule has 2 rings (SSSR count). The monoisotopic (exact) mass is 206 g/mol. The number of rotatable bonds is 1. The predicted octanol–water partition coefficient (Wildman–Crippen LogP) is 2.30. The van der Waals surface area contributed by atoms with E-state index in [-0.39, 0.29) is 10.5 Å². The first-order chi connectivity index (χ1) is 6.79. The fourth-order valence-corrected chi connectivity index (χ4v) is 3.05. The first-order valence-electron chi connectivity index (χ1n) is 4.30. The van der Waals surface area contributed by atoms with Gasteiger partial charge in [-0.05, 0) is 10.8 Å². The molecule has 0 aromatic heterocycles. The SMILES string of the molecule is O=C(O)C1C=CC=CC1=S1C=CC=C1. The van der Waals surface area contributed by atoms with E-state index < -0.39 is 11.9 Å². The lowest BCUT2D eigenvalue weighted by molar-refractivity contribution is -0.137. The molecule has 72 valence electrons. The Bertz CT molecular complexity index is 397. The van der Waals surface area contributed by atoms with Gasteiger partial charge in [-0.1, -0.05) is 36.5 Å². The van der Waals surface area contributed by atoms with E-state index in [9.17, 15) is 4.79 Å². The van der Waals surface area contributed by atoms with Gasteiger partial charge in [0, 0.05) is 4.86 Å². The molecule has 0 fully saturated rings. The van der Waals surface area contributed by atoms with Crippen molar-refractivity contribution in [2.45, 2.75) is 0 Å². The summed E-state index contributed by atoms with van der Waals surface area (Å²) in [5, 5.41) is 13.1. The van der Waals surface area contributed by atoms with Crippen LogP contribution >= 0.6 is 10.5 Å². The number of carbonyl (C=O) groups is 1. The Morgan fingerprint density at radius 1 is 1.21 bits per heavy atom. The highest BCUT2D eigenvalue weighted by Crippen LogP contribution is 2.29. The maximum Gasteiger partial charge on any atom is 0.315 e. The van der Waals surface area contributed by atoms with Crippen LogP contribution in [0.1, 0.15) is 0 Å². The minimum atomic E-state index is -0.776. The minimum absolute atomic E-state index is 0.128. The van der Waals surface area contributed by atoms with Crippen molar-refractivity contribution in [2.75, 3.05) is 0 Å². The summed E-state index contributed by atoms with van der Waals surface area (Å²) in [6.07, 6.45) is 11.2. The van der Waals surface area contributed by atoms with Crippen LogP contribution in [0.2, 0.25) is 0 Å². The van der Waals surface area contributed by atoms with Crippen molar-refractivity contribution in [1.82, 2.24) is 0 Å². The summed E-state index contributed by atoms with van der Waals surface area (Å²) in [6, 6.07) is 0. The highest BCUT2D eigenvalue weighted by atomic mass is 32.2. The third kappa shape index (κ3) is 1.63. The summed E-state index contributed by atoms with van der Waals surface area (Å²) in [4.78, 5) is 11.9. The van der Waals surface area contributed by atoms with E-state index >= 15 is 0 Å². The van der Waals surface area contributed by atoms with E-state index in [1.54, 1.807) is 12.2 Å². The minimum Gasteiger partial charge on any atom is -0.481 e. The Kier molecular flexibility index (Phi) is 2.50. The topological polar surface area (TPSA) is 37.3 Å². The van der Waals surface area contributed by atoms with Crippen molar-refractivity contribution in [3.05, 3.63) is 47.3 Å². The zero-order valence-corrected chi connectivity index (χ0v) is 8.28. The summed E-state index contributed by atoms with van der Waals surface area (Å²) in [7, 11) is -0.128. The molecule has 0 saturated heterocycles. The van der Waals surface area contributed by atoms with Crippen LogP contribution < -0.4 is 0 Å². The van der Waals surface area contributed by atoms with Crippen LogP contribution in [0.15, 0.2) is 47.3 Å². The van der Waals surface area contributed by atoms with Crippen molar-refractivity contribution in [1.29, 1.82) is 0 Å². The second-order valence-electron chi connectivity index (χ2n) is 2.99. The van der Waals surface area contributed by atoms with Gasteiger partial charge in [0.05, 0.1) is 0 Å². The van der Waals surface area contributed by atoms with Crippen LogP contribution in [-0.2, 0) is 4.79 Å². The van der Waals surface area contributed by atoms with E-state index in [2.05, 4.69) is 0 Å². The van der Waals surface area contributed by atoms with Crippen molar-refractivity contribution < 1.29 is 9.90 Å². The summed E-state index contributed by atoms with van der Waals surface area (Å²) < 4.78 is 0. The lowest BCUT2D eigenvalue weighted by Crippen LogP contribution is -2.21. The van der Waals surface area contributed by atoms with Crippen LogP contribution in [0.25, 0.3) is 0 Å². The second kappa shape index (κ2) is 3.80. The Labute approximate surface area is 84.9 Å². The van der Waals surface area contributed by atoms with E-state index in [0.29, 0.717) is 0 Å². The van der Waals surface area contributed by atoms with Gasteiger partial charge in [0.15, 0.2) is 0 Å². The van der Waals surface area contributed by atoms with Gasteiger partial charge in [-0.3, -0.25) is 4.79 Å². The van der Waals surface area contributed by atoms with Gasteiger partial charge in [0.1, 0.15) is 5.92 Å². The average Bonchev–Trinajstić information content (AvgIpc) is 2.70. The summed E-state index contributed by atoms with van der Waals surface area (Å²) in [5.74, 6) is -1.24. The fourth-order valence-electron chi connectivity index (χ4n) is 1.42. The molecule has 1 heterocycles. The Morgan fingerprint density at radius 3 is 2.57 bits per heavy atom. The molecule has 1 aliphatic carbocycles. The van der Waals surface area contributed by atoms with Gasteiger partial charge < -0.3 is 5.11 Å². The molecule has 1 aliphatic heterocycles. The second-order valence-corrected chi connectivity index (χ2v) is 4.75. The van der Waals surface area contributed by atoms with Gasteiger partial charge in [-0.15, -0.1) is 10.5 Å². The zero-order chi connectivity index (χ0) is 9.97. The quantitative estimate of drug-likeness (QED) is 0.668. The summed E-state index contributed by atoms with van der Waals surface area (Å²) >= 11 is 0. The smallest absolute Gasteiger partial charge is 0.315 e. The maximum absolute atomic E-state index is 11.0. The van der Waals surface area contributed by atoms with Crippen molar-refractivity contribution >= 4 is 21.3 Å². The van der Waals surface area contributed by atoms with Crippen molar-refractivity contribution in [3.63, 3.8) is 0 Å². The Hall–Kier alpha value is -1.35. The molecular formula is C11H10O2S. The molecule has 0 bridgehead atoms. The Balaban J connectivity index is 2.43. The van der Waals surface area contributed by atoms with E-state index in [1.165, 1.54) is 0 Å². The van der Waals surface area contributed by atoms with Gasteiger partial charge in [0.2, 0.25) is 0 Å². The molecule has 1 N–H and O–H groups in total. The number of hydrogen-bond acceptors (Lipinski definition) is 1. The first-order valence-corrected chi connectivity index (χ1v) is 5.65. The van der Waals surface area contributed by atoms with Crippen LogP contribution in [0.5, 0.6) is 0 Å². The Morgan fingerprint density at radius 2 is 1.93 bits per heavy atom. The summed E-state index contributed by atoms with van der Waals surface area (Å²) in [5.41, 5.74) is 0. The maximum atomic E-state index is 11.0. The van der Waals surface area contributed by atoms with Crippen molar-refractivity contribution in [3.8, 4) is 0 Å². The van der Waals surface area contributed by atoms with E-state index in [1.807, 2.05) is 35.1 Å². The van der Waals surface area contributed by atoms with Crippen LogP contribution in [0, 0.1) is 5.92 Å². The molecule has 0 aromatic carbocycles. The molecule has 2 aliphatic rings. The third-order valence-electron chi connectivity index (χ3n) is 2.08. The lowest BCUT2D eigenvalue weighted by atomic mass is 10.0. The molecule has 3 heteroatoms. The largest absolute Gasteiger partial charge is 0.481 e. The number of carboxylic acid groups (broad SMARTS) is 1. The van der Waals surface area contributed by atoms with E-state index in [0.717, 1.165) is 4.86 Å². The molecule has 14 heavy (non-hydrogen) atoms. The van der Waals surface area contributed by atoms with Crippen LogP contribution in [-0.4, -0.2) is 15.9 Å². The lowest BCUT2D eigenvalue weighted by Gasteiger charge is -2.14. The molecule has 0 radical (unpaired) electrons. The first kappa shape index (κ1) is 9.21. The summed E-state index contributed by atoms with van der Waals surface area (Å²) in [6.45, 7) is 0. The number of carboxylic acids is 1. The van der Waals surface area contributed by atoms with Gasteiger partial charge in [0.25, 0.3) is 0 Å². The number of aliphatic carboxylic acids is 1. The van der Waals surface area contributed by atoms with Crippen molar-refractivity contribution in [2.24, 2.45) is 5.92 Å². The zero-order valence-electron chi connectivity index (χ0n) is 7.46. The van der Waals surface area contributed by atoms with Gasteiger partial charge >= 0.3 is 5.97 Å². The molecule has 1 unspecified atom stereocenters. The average molecular weight is 206 g/mol. The normalized spacial score (nSPS) is 24.9. The molecule has 2 nitrogen and oxygen atoms in total. The van der Waals surface area contributed by atoms with Gasteiger partial charge in [-0.25, -0.2) is 0 Å². The van der Waals surface area contributed by atoms with Crippen LogP contribution in [0.4, 0.5) is 0 Å². The predicted molar refractivity (Wildman–Crippen MR) is 60.3 cm³/mol. The highest BCUT2D eigenvalue weighted by Gasteiger charge is 2.21. The van der Waals surface area contributed by atoms with Crippen LogP contribution in [0.3, 0.4) is 0 Å². The molecule has 1 atom stereocenters.